The van der Waals surface area contributed by atoms with Crippen LogP contribution in [0.25, 0.3) is 82.4 Å². The zero-order valence-electron chi connectivity index (χ0n) is 41.0. The third-order valence-electron chi connectivity index (χ3n) is 20.8. The highest BCUT2D eigenvalue weighted by atomic mass is 16.3. The average molecular weight is 887 g/mol. The standard InChI is InChI=1S/C64H63BN2O/c1-61(2,3)40-11-13-52-45(21-40)48-23-42(62(4,5)6)26-51-59(48)66(52)54-27-49-44-9-7-8-10-55(44)68-60(49)56-50-25-43(64-31-37-18-38(32-64)20-39(19-37)33-64)24-47-46-22-41(12-14-53(46)67(58(47)50)65(51)57(54)56)63-28-34-15-35(29-63)17-36(16-34)30-63/h7-14,21-27,34-39H,15-20,28-33H2,1-6H3. The Morgan fingerprint density at radius 1 is 0.515 bits per heavy atom. The summed E-state index contributed by atoms with van der Waals surface area (Å²) in [5.41, 5.74) is 21.2. The molecule has 8 saturated carbocycles. The zero-order valence-corrected chi connectivity index (χ0v) is 41.0. The van der Waals surface area contributed by atoms with Gasteiger partial charge in [0, 0.05) is 60.2 Å². The SMILES string of the molecule is CC(C)(C)c1ccc2c(c1)c1cc(C(C)(C)C)cc3c1n2-c1cc2c(oc4ccccc42)c2c1B3n1c3ccc(C45CC6CC(CC(C6)C4)C5)cc3c3cc(C45CC6CC(CC(C6)C4)C5)cc-2c31. The van der Waals surface area contributed by atoms with Crippen LogP contribution in [-0.4, -0.2) is 15.9 Å². The summed E-state index contributed by atoms with van der Waals surface area (Å²) in [5, 5.41) is 8.21. The first-order valence-electron chi connectivity index (χ1n) is 27.0. The van der Waals surface area contributed by atoms with Gasteiger partial charge in [0.1, 0.15) is 11.2 Å². The van der Waals surface area contributed by atoms with E-state index in [1.54, 1.807) is 11.1 Å². The molecule has 10 aliphatic rings. The molecule has 5 heterocycles. The largest absolute Gasteiger partial charge is 0.455 e. The van der Waals surface area contributed by atoms with E-state index >= 15 is 0 Å². The second kappa shape index (κ2) is 12.2. The fraction of sp³-hybridized carbons (Fsp3) is 0.438. The number of para-hydroxylation sites is 1. The lowest BCUT2D eigenvalue weighted by Crippen LogP contribution is -2.55. The molecule has 68 heavy (non-hydrogen) atoms. The number of nitrogens with zero attached hydrogens (tertiary/aromatic N) is 2. The van der Waals surface area contributed by atoms with Crippen molar-refractivity contribution >= 4 is 83.3 Å². The van der Waals surface area contributed by atoms with Gasteiger partial charge >= 0.3 is 6.85 Å². The van der Waals surface area contributed by atoms with Crippen LogP contribution in [0.4, 0.5) is 0 Å². The second-order valence-corrected chi connectivity index (χ2v) is 27.0. The Kier molecular flexibility index (Phi) is 6.93. The lowest BCUT2D eigenvalue weighted by Gasteiger charge is -2.57. The van der Waals surface area contributed by atoms with E-state index in [1.165, 1.54) is 170 Å². The lowest BCUT2D eigenvalue weighted by atomic mass is 9.45. The molecular formula is C64H63BN2O. The van der Waals surface area contributed by atoms with Crippen LogP contribution < -0.4 is 10.9 Å². The summed E-state index contributed by atoms with van der Waals surface area (Å²) in [6.45, 7) is 14.3. The molecule has 8 aliphatic carbocycles. The number of benzene rings is 6. The Hall–Kier alpha value is -5.22. The van der Waals surface area contributed by atoms with Crippen molar-refractivity contribution in [3.8, 4) is 16.8 Å². The summed E-state index contributed by atoms with van der Waals surface area (Å²) in [4.78, 5) is 0. The number of hydrogen-bond donors (Lipinski definition) is 0. The monoisotopic (exact) mass is 887 g/mol. The van der Waals surface area contributed by atoms with Gasteiger partial charge in [-0.05, 0) is 222 Å². The van der Waals surface area contributed by atoms with Gasteiger partial charge in [0.25, 0.3) is 0 Å². The normalized spacial score (nSPS) is 29.6. The predicted octanol–water partition coefficient (Wildman–Crippen LogP) is 15.3. The van der Waals surface area contributed by atoms with Gasteiger partial charge in [-0.3, -0.25) is 0 Å². The molecule has 8 fully saturated rings. The van der Waals surface area contributed by atoms with E-state index in [0.29, 0.717) is 5.41 Å². The van der Waals surface area contributed by atoms with Crippen molar-refractivity contribution in [2.45, 2.75) is 140 Å². The average Bonchev–Trinajstić information content (AvgIpc) is 3.95. The van der Waals surface area contributed by atoms with Crippen LogP contribution in [0.3, 0.4) is 0 Å². The topological polar surface area (TPSA) is 23.0 Å². The first kappa shape index (κ1) is 38.6. The Labute approximate surface area is 400 Å². The minimum Gasteiger partial charge on any atom is -0.455 e. The summed E-state index contributed by atoms with van der Waals surface area (Å²) in [7, 11) is 0. The number of rotatable bonds is 2. The number of furan rings is 1. The highest BCUT2D eigenvalue weighted by molar-refractivity contribution is 6.90. The number of hydrogen-bond acceptors (Lipinski definition) is 1. The molecule has 0 unspecified atom stereocenters. The smallest absolute Gasteiger partial charge is 0.333 e. The van der Waals surface area contributed by atoms with E-state index < -0.39 is 0 Å². The van der Waals surface area contributed by atoms with Crippen molar-refractivity contribution in [3.63, 3.8) is 0 Å². The Bertz CT molecular complexity index is 3730. The number of fused-ring (bicyclic) bond motifs is 14. The molecule has 0 amide bonds. The molecule has 4 heteroatoms. The van der Waals surface area contributed by atoms with Crippen molar-refractivity contribution in [3.05, 3.63) is 113 Å². The van der Waals surface area contributed by atoms with Crippen LogP contribution in [-0.2, 0) is 21.7 Å². The van der Waals surface area contributed by atoms with Crippen molar-refractivity contribution in [1.29, 1.82) is 0 Å². The Morgan fingerprint density at radius 3 is 1.75 bits per heavy atom. The maximum Gasteiger partial charge on any atom is 0.333 e. The molecule has 9 aromatic rings. The van der Waals surface area contributed by atoms with Crippen LogP contribution in [0.2, 0.25) is 0 Å². The van der Waals surface area contributed by atoms with Gasteiger partial charge in [0.05, 0.1) is 11.0 Å². The van der Waals surface area contributed by atoms with Crippen LogP contribution in [0.5, 0.6) is 0 Å². The third-order valence-corrected chi connectivity index (χ3v) is 20.8. The predicted molar refractivity (Wildman–Crippen MR) is 284 cm³/mol. The summed E-state index contributed by atoms with van der Waals surface area (Å²) < 4.78 is 12.9. The molecule has 0 atom stereocenters. The zero-order chi connectivity index (χ0) is 45.1. The van der Waals surface area contributed by atoms with Gasteiger partial charge in [-0.2, -0.15) is 0 Å². The molecule has 6 aromatic carbocycles. The van der Waals surface area contributed by atoms with E-state index in [9.17, 15) is 0 Å². The number of aromatic nitrogens is 2. The maximum atomic E-state index is 7.33. The fourth-order valence-electron chi connectivity index (χ4n) is 18.8. The minimum atomic E-state index is -0.0350. The van der Waals surface area contributed by atoms with Gasteiger partial charge in [-0.25, -0.2) is 0 Å². The highest BCUT2D eigenvalue weighted by Crippen LogP contribution is 2.63. The minimum absolute atomic E-state index is 0.00962. The summed E-state index contributed by atoms with van der Waals surface area (Å²) in [6, 6.07) is 37.7. The molecule has 3 nitrogen and oxygen atoms in total. The van der Waals surface area contributed by atoms with Crippen LogP contribution >= 0.6 is 0 Å². The molecule has 0 spiro atoms. The summed E-state index contributed by atoms with van der Waals surface area (Å²) in [6.07, 6.45) is 17.1. The molecular weight excluding hydrogens is 824 g/mol. The summed E-state index contributed by atoms with van der Waals surface area (Å²) >= 11 is 0. The molecule has 0 saturated heterocycles. The van der Waals surface area contributed by atoms with Crippen molar-refractivity contribution in [2.24, 2.45) is 35.5 Å². The first-order chi connectivity index (χ1) is 32.8. The fourth-order valence-corrected chi connectivity index (χ4v) is 18.8. The highest BCUT2D eigenvalue weighted by Gasteiger charge is 2.54. The quantitative estimate of drug-likeness (QED) is 0.159. The van der Waals surface area contributed by atoms with E-state index in [1.807, 2.05) is 0 Å². The molecule has 0 radical (unpaired) electrons. The van der Waals surface area contributed by atoms with Crippen molar-refractivity contribution in [2.75, 3.05) is 0 Å². The second-order valence-electron chi connectivity index (χ2n) is 27.0. The van der Waals surface area contributed by atoms with Crippen molar-refractivity contribution < 1.29 is 4.42 Å². The van der Waals surface area contributed by atoms with E-state index in [4.69, 9.17) is 4.42 Å². The molecule has 2 aliphatic heterocycles. The van der Waals surface area contributed by atoms with Gasteiger partial charge in [0.15, 0.2) is 0 Å². The summed E-state index contributed by atoms with van der Waals surface area (Å²) in [5.74, 6) is 5.39. The van der Waals surface area contributed by atoms with Crippen LogP contribution in [0, 0.1) is 35.5 Å². The van der Waals surface area contributed by atoms with Gasteiger partial charge in [0.2, 0.25) is 0 Å². The van der Waals surface area contributed by atoms with E-state index in [2.05, 4.69) is 142 Å². The third kappa shape index (κ3) is 4.75. The van der Waals surface area contributed by atoms with Crippen molar-refractivity contribution in [1.82, 2.24) is 9.05 Å². The van der Waals surface area contributed by atoms with E-state index in [-0.39, 0.29) is 23.1 Å². The first-order valence-corrected chi connectivity index (χ1v) is 27.0. The molecule has 19 rings (SSSR count). The molecule has 3 aromatic heterocycles. The van der Waals surface area contributed by atoms with Gasteiger partial charge in [-0.15, -0.1) is 0 Å². The molecule has 8 bridgehead atoms. The maximum absolute atomic E-state index is 7.33. The Balaban J connectivity index is 1.05. The van der Waals surface area contributed by atoms with Gasteiger partial charge < -0.3 is 13.5 Å². The van der Waals surface area contributed by atoms with E-state index in [0.717, 1.165) is 46.7 Å². The Morgan fingerprint density at radius 2 is 1.09 bits per heavy atom. The van der Waals surface area contributed by atoms with Gasteiger partial charge in [-0.1, -0.05) is 77.9 Å². The van der Waals surface area contributed by atoms with Crippen LogP contribution in [0.1, 0.15) is 141 Å². The molecule has 338 valence electrons. The molecule has 0 N–H and O–H groups in total. The lowest BCUT2D eigenvalue weighted by molar-refractivity contribution is -0.00527. The van der Waals surface area contributed by atoms with Crippen LogP contribution in [0.15, 0.2) is 95.4 Å².